The number of anilines is 1. The zero-order valence-electron chi connectivity index (χ0n) is 17.2. The van der Waals surface area contributed by atoms with E-state index in [0.29, 0.717) is 28.8 Å². The number of benzene rings is 2. The molecule has 158 valence electrons. The Balaban J connectivity index is 1.65. The van der Waals surface area contributed by atoms with Gasteiger partial charge >= 0.3 is 0 Å². The minimum Gasteiger partial charge on any atom is -0.467 e. The predicted octanol–water partition coefficient (Wildman–Crippen LogP) is 5.79. The molecule has 0 atom stereocenters. The fourth-order valence-corrected chi connectivity index (χ4v) is 3.89. The van der Waals surface area contributed by atoms with Gasteiger partial charge in [0, 0.05) is 16.3 Å². The van der Waals surface area contributed by atoms with Crippen molar-refractivity contribution in [1.29, 1.82) is 0 Å². The number of H-pyrrole nitrogens is 1. The maximum absolute atomic E-state index is 12.9. The van der Waals surface area contributed by atoms with E-state index < -0.39 is 0 Å². The zero-order valence-corrected chi connectivity index (χ0v) is 18.8. The Labute approximate surface area is 190 Å². The van der Waals surface area contributed by atoms with E-state index in [2.05, 4.69) is 16.4 Å². The van der Waals surface area contributed by atoms with E-state index >= 15 is 0 Å². The number of nitrogens with one attached hydrogen (secondary N) is 2. The van der Waals surface area contributed by atoms with Crippen molar-refractivity contribution < 1.29 is 4.42 Å². The number of pyridine rings is 1. The first-order valence-corrected chi connectivity index (χ1v) is 10.7. The van der Waals surface area contributed by atoms with Crippen LogP contribution in [0.4, 0.5) is 5.69 Å². The summed E-state index contributed by atoms with van der Waals surface area (Å²) in [4.78, 5) is 17.8. The molecule has 4 rings (SSSR count). The van der Waals surface area contributed by atoms with Crippen LogP contribution in [-0.4, -0.2) is 15.0 Å². The smallest absolute Gasteiger partial charge is 0.253 e. The molecule has 4 aromatic rings. The van der Waals surface area contributed by atoms with Gasteiger partial charge in [0.15, 0.2) is 5.11 Å². The lowest BCUT2D eigenvalue weighted by atomic mass is 10.0. The molecule has 7 heteroatoms. The molecule has 0 saturated heterocycles. The van der Waals surface area contributed by atoms with Crippen molar-refractivity contribution in [1.82, 2.24) is 9.88 Å². The van der Waals surface area contributed by atoms with Gasteiger partial charge in [-0.15, -0.1) is 0 Å². The summed E-state index contributed by atoms with van der Waals surface area (Å²) in [5, 5.41) is 5.28. The Kier molecular flexibility index (Phi) is 6.11. The minimum atomic E-state index is -0.129. The van der Waals surface area contributed by atoms with E-state index in [1.165, 1.54) is 0 Å². The van der Waals surface area contributed by atoms with Crippen LogP contribution in [0.25, 0.3) is 10.9 Å². The number of halogens is 1. The Bertz CT molecular complexity index is 1300. The van der Waals surface area contributed by atoms with Gasteiger partial charge in [0.25, 0.3) is 5.56 Å². The standard InChI is InChI=1S/C24H22ClN3O2S/c1-15-8-9-17-11-18(23(29)27-22(17)16(15)2)13-28(14-21-7-4-10-30-21)24(31)26-20-6-3-5-19(25)12-20/h3-12H,13-14H2,1-2H3,(H,26,31)(H,27,29). The Morgan fingerprint density at radius 1 is 1.13 bits per heavy atom. The summed E-state index contributed by atoms with van der Waals surface area (Å²) in [5.41, 5.74) is 4.36. The van der Waals surface area contributed by atoms with E-state index in [4.69, 9.17) is 28.2 Å². The third-order valence-electron chi connectivity index (χ3n) is 5.28. The molecule has 0 spiro atoms. The second kappa shape index (κ2) is 8.96. The molecule has 0 aliphatic carbocycles. The number of thiocarbonyl (C=S) groups is 1. The lowest BCUT2D eigenvalue weighted by Gasteiger charge is -2.25. The van der Waals surface area contributed by atoms with Crippen LogP contribution in [0.15, 0.2) is 70.1 Å². The highest BCUT2D eigenvalue weighted by Gasteiger charge is 2.16. The van der Waals surface area contributed by atoms with Crippen LogP contribution in [0.1, 0.15) is 22.5 Å². The number of aromatic amines is 1. The molecule has 2 N–H and O–H groups in total. The van der Waals surface area contributed by atoms with Crippen LogP contribution in [0.2, 0.25) is 5.02 Å². The fourth-order valence-electron chi connectivity index (χ4n) is 3.45. The molecule has 0 saturated carbocycles. The summed E-state index contributed by atoms with van der Waals surface area (Å²) < 4.78 is 5.51. The second-order valence-electron chi connectivity index (χ2n) is 7.47. The fraction of sp³-hybridized carbons (Fsp3) is 0.167. The Morgan fingerprint density at radius 2 is 1.97 bits per heavy atom. The maximum Gasteiger partial charge on any atom is 0.253 e. The predicted molar refractivity (Wildman–Crippen MR) is 130 cm³/mol. The van der Waals surface area contributed by atoms with E-state index in [-0.39, 0.29) is 5.56 Å². The van der Waals surface area contributed by atoms with Crippen LogP contribution in [0.3, 0.4) is 0 Å². The van der Waals surface area contributed by atoms with Crippen molar-refractivity contribution in [2.24, 2.45) is 0 Å². The molecule has 0 radical (unpaired) electrons. The number of fused-ring (bicyclic) bond motifs is 1. The number of furan rings is 1. The van der Waals surface area contributed by atoms with Crippen LogP contribution < -0.4 is 10.9 Å². The summed E-state index contributed by atoms with van der Waals surface area (Å²) in [7, 11) is 0. The normalized spacial score (nSPS) is 10.9. The highest BCUT2D eigenvalue weighted by atomic mass is 35.5. The summed E-state index contributed by atoms with van der Waals surface area (Å²) in [5.74, 6) is 0.749. The molecule has 5 nitrogen and oxygen atoms in total. The van der Waals surface area contributed by atoms with Gasteiger partial charge in [-0.25, -0.2) is 0 Å². The first-order chi connectivity index (χ1) is 14.9. The van der Waals surface area contributed by atoms with Crippen molar-refractivity contribution in [2.45, 2.75) is 26.9 Å². The van der Waals surface area contributed by atoms with Crippen molar-refractivity contribution in [3.05, 3.63) is 98.7 Å². The van der Waals surface area contributed by atoms with Gasteiger partial charge in [-0.3, -0.25) is 4.79 Å². The molecule has 0 aliphatic heterocycles. The van der Waals surface area contributed by atoms with Crippen LogP contribution in [-0.2, 0) is 13.1 Å². The first kappa shape index (κ1) is 21.2. The molecule has 0 unspecified atom stereocenters. The minimum absolute atomic E-state index is 0.129. The summed E-state index contributed by atoms with van der Waals surface area (Å²) in [6.07, 6.45) is 1.62. The van der Waals surface area contributed by atoms with Crippen molar-refractivity contribution >= 4 is 45.5 Å². The van der Waals surface area contributed by atoms with Gasteiger partial charge in [0.05, 0.1) is 24.9 Å². The van der Waals surface area contributed by atoms with Crippen molar-refractivity contribution in [3.8, 4) is 0 Å². The molecular formula is C24H22ClN3O2S. The summed E-state index contributed by atoms with van der Waals surface area (Å²) in [6.45, 7) is 4.79. The van der Waals surface area contributed by atoms with E-state index in [9.17, 15) is 4.79 Å². The molecule has 2 aromatic carbocycles. The molecule has 31 heavy (non-hydrogen) atoms. The van der Waals surface area contributed by atoms with E-state index in [1.807, 2.05) is 55.1 Å². The quantitative estimate of drug-likeness (QED) is 0.376. The van der Waals surface area contributed by atoms with Gasteiger partial charge in [0.1, 0.15) is 5.76 Å². The number of nitrogens with zero attached hydrogens (tertiary/aromatic N) is 1. The van der Waals surface area contributed by atoms with Crippen LogP contribution >= 0.6 is 23.8 Å². The van der Waals surface area contributed by atoms with Crippen molar-refractivity contribution in [2.75, 3.05) is 5.32 Å². The molecule has 2 heterocycles. The lowest BCUT2D eigenvalue weighted by Crippen LogP contribution is -2.35. The number of aromatic nitrogens is 1. The average Bonchev–Trinajstić information content (AvgIpc) is 3.25. The molecule has 0 fully saturated rings. The van der Waals surface area contributed by atoms with Gasteiger partial charge in [-0.05, 0) is 79.0 Å². The largest absolute Gasteiger partial charge is 0.467 e. The highest BCUT2D eigenvalue weighted by molar-refractivity contribution is 7.80. The highest BCUT2D eigenvalue weighted by Crippen LogP contribution is 2.21. The molecular weight excluding hydrogens is 430 g/mol. The molecule has 0 aliphatic rings. The summed E-state index contributed by atoms with van der Waals surface area (Å²) >= 11 is 11.8. The third-order valence-corrected chi connectivity index (χ3v) is 5.87. The molecule has 0 bridgehead atoms. The van der Waals surface area contributed by atoms with Crippen molar-refractivity contribution in [3.63, 3.8) is 0 Å². The number of hydrogen-bond acceptors (Lipinski definition) is 3. The van der Waals surface area contributed by atoms with Gasteiger partial charge in [-0.1, -0.05) is 29.8 Å². The topological polar surface area (TPSA) is 61.3 Å². The zero-order chi connectivity index (χ0) is 22.0. The van der Waals surface area contributed by atoms with E-state index in [1.54, 1.807) is 18.4 Å². The third kappa shape index (κ3) is 4.81. The number of aryl methyl sites for hydroxylation is 2. The molecule has 2 aromatic heterocycles. The Hall–Kier alpha value is -3.09. The SMILES string of the molecule is Cc1ccc2cc(CN(Cc3ccco3)C(=S)Nc3cccc(Cl)c3)c(=O)[nH]c2c1C. The van der Waals surface area contributed by atoms with E-state index in [0.717, 1.165) is 33.5 Å². The van der Waals surface area contributed by atoms with Gasteiger partial charge < -0.3 is 19.6 Å². The number of rotatable bonds is 5. The lowest BCUT2D eigenvalue weighted by molar-refractivity contribution is 0.359. The second-order valence-corrected chi connectivity index (χ2v) is 8.29. The Morgan fingerprint density at radius 3 is 2.71 bits per heavy atom. The molecule has 0 amide bonds. The maximum atomic E-state index is 12.9. The average molecular weight is 452 g/mol. The first-order valence-electron chi connectivity index (χ1n) is 9.86. The van der Waals surface area contributed by atoms with Gasteiger partial charge in [-0.2, -0.15) is 0 Å². The van der Waals surface area contributed by atoms with Crippen LogP contribution in [0, 0.1) is 13.8 Å². The monoisotopic (exact) mass is 451 g/mol. The van der Waals surface area contributed by atoms with Gasteiger partial charge in [0.2, 0.25) is 0 Å². The summed E-state index contributed by atoms with van der Waals surface area (Å²) in [6, 6.07) is 17.1. The van der Waals surface area contributed by atoms with Crippen LogP contribution in [0.5, 0.6) is 0 Å². The number of hydrogen-bond donors (Lipinski definition) is 2.